The van der Waals surface area contributed by atoms with Crippen molar-refractivity contribution in [3.05, 3.63) is 59.2 Å². The number of urea groups is 1. The topological polar surface area (TPSA) is 80.0 Å². The lowest BCUT2D eigenvalue weighted by Crippen LogP contribution is -2.20. The maximum absolute atomic E-state index is 11.9. The van der Waals surface area contributed by atoms with Crippen molar-refractivity contribution in [1.29, 1.82) is 0 Å². The highest BCUT2D eigenvalue weighted by Gasteiger charge is 2.09. The molecule has 3 aromatic rings. The normalized spacial score (nSPS) is 10.2. The molecule has 6 nitrogen and oxygen atoms in total. The Morgan fingerprint density at radius 1 is 1.05 bits per heavy atom. The highest BCUT2D eigenvalue weighted by molar-refractivity contribution is 9.10. The maximum atomic E-state index is 11.9. The molecular formula is C15H11BrN4O2. The molecule has 0 saturated carbocycles. The van der Waals surface area contributed by atoms with E-state index < -0.39 is 6.03 Å². The van der Waals surface area contributed by atoms with Gasteiger partial charge in [0.1, 0.15) is 5.82 Å². The summed E-state index contributed by atoms with van der Waals surface area (Å²) >= 11 is 3.28. The van der Waals surface area contributed by atoms with E-state index in [1.807, 2.05) is 30.3 Å². The van der Waals surface area contributed by atoms with Crippen molar-refractivity contribution in [3.63, 3.8) is 0 Å². The van der Waals surface area contributed by atoms with Crippen LogP contribution in [-0.2, 0) is 0 Å². The third kappa shape index (κ3) is 3.50. The van der Waals surface area contributed by atoms with Gasteiger partial charge < -0.3 is 4.52 Å². The zero-order valence-corrected chi connectivity index (χ0v) is 12.9. The van der Waals surface area contributed by atoms with Gasteiger partial charge in [-0.1, -0.05) is 35.5 Å². The van der Waals surface area contributed by atoms with Gasteiger partial charge >= 0.3 is 6.03 Å². The molecule has 0 saturated heterocycles. The van der Waals surface area contributed by atoms with Crippen LogP contribution in [0.4, 0.5) is 16.4 Å². The lowest BCUT2D eigenvalue weighted by molar-refractivity contribution is 0.262. The molecule has 0 aliphatic heterocycles. The molecule has 2 amide bonds. The fourth-order valence-corrected chi connectivity index (χ4v) is 2.02. The minimum atomic E-state index is -0.442. The lowest BCUT2D eigenvalue weighted by atomic mass is 10.2. The van der Waals surface area contributed by atoms with Crippen LogP contribution in [0, 0.1) is 0 Å². The summed E-state index contributed by atoms with van der Waals surface area (Å²) in [6.45, 7) is 0. The fraction of sp³-hybridized carbons (Fsp3) is 0. The van der Waals surface area contributed by atoms with E-state index in [2.05, 4.69) is 36.7 Å². The van der Waals surface area contributed by atoms with Crippen molar-refractivity contribution in [3.8, 4) is 11.3 Å². The quantitative estimate of drug-likeness (QED) is 0.737. The zero-order valence-electron chi connectivity index (χ0n) is 11.3. The number of hydrogen-bond donors (Lipinski definition) is 2. The standard InChI is InChI=1S/C15H11BrN4O2/c16-11-6-7-13(17-9-11)18-15(21)19-14-8-12(22-20-14)10-4-2-1-3-5-10/h1-9H,(H2,17,18,19,20,21). The third-order valence-corrected chi connectivity index (χ3v) is 3.25. The second kappa shape index (κ2) is 6.40. The van der Waals surface area contributed by atoms with Gasteiger partial charge in [-0.25, -0.2) is 9.78 Å². The molecule has 3 rings (SSSR count). The lowest BCUT2D eigenvalue weighted by Gasteiger charge is -2.03. The van der Waals surface area contributed by atoms with Crippen molar-refractivity contribution in [2.75, 3.05) is 10.6 Å². The Bertz CT molecular complexity index is 772. The Kier molecular flexibility index (Phi) is 4.15. The van der Waals surface area contributed by atoms with Crippen molar-refractivity contribution in [2.45, 2.75) is 0 Å². The number of nitrogens with one attached hydrogen (secondary N) is 2. The van der Waals surface area contributed by atoms with Gasteiger partial charge in [0.15, 0.2) is 11.6 Å². The van der Waals surface area contributed by atoms with Gasteiger partial charge in [0, 0.05) is 22.3 Å². The first-order valence-corrected chi connectivity index (χ1v) is 7.22. The van der Waals surface area contributed by atoms with E-state index in [-0.39, 0.29) is 0 Å². The molecule has 0 bridgehead atoms. The summed E-state index contributed by atoms with van der Waals surface area (Å²) in [6.07, 6.45) is 1.60. The molecule has 0 atom stereocenters. The van der Waals surface area contributed by atoms with Crippen LogP contribution in [0.3, 0.4) is 0 Å². The van der Waals surface area contributed by atoms with Gasteiger partial charge in [0.2, 0.25) is 0 Å². The average molecular weight is 359 g/mol. The van der Waals surface area contributed by atoms with Crippen LogP contribution >= 0.6 is 15.9 Å². The van der Waals surface area contributed by atoms with Gasteiger partial charge in [-0.2, -0.15) is 0 Å². The molecular weight excluding hydrogens is 348 g/mol. The van der Waals surface area contributed by atoms with E-state index in [0.717, 1.165) is 10.0 Å². The molecule has 2 N–H and O–H groups in total. The van der Waals surface area contributed by atoms with Crippen LogP contribution < -0.4 is 10.6 Å². The highest BCUT2D eigenvalue weighted by atomic mass is 79.9. The maximum Gasteiger partial charge on any atom is 0.326 e. The van der Waals surface area contributed by atoms with Gasteiger partial charge in [-0.05, 0) is 28.1 Å². The molecule has 2 aromatic heterocycles. The van der Waals surface area contributed by atoms with Crippen LogP contribution in [0.5, 0.6) is 0 Å². The number of hydrogen-bond acceptors (Lipinski definition) is 4. The fourth-order valence-electron chi connectivity index (χ4n) is 1.79. The number of pyridine rings is 1. The Hall–Kier alpha value is -2.67. The molecule has 0 spiro atoms. The molecule has 0 radical (unpaired) electrons. The summed E-state index contributed by atoms with van der Waals surface area (Å²) < 4.78 is 6.04. The van der Waals surface area contributed by atoms with E-state index >= 15 is 0 Å². The first-order valence-electron chi connectivity index (χ1n) is 6.42. The summed E-state index contributed by atoms with van der Waals surface area (Å²) in [7, 11) is 0. The van der Waals surface area contributed by atoms with Crippen LogP contribution in [0.25, 0.3) is 11.3 Å². The first kappa shape index (κ1) is 14.3. The Labute approximate surface area is 134 Å². The third-order valence-electron chi connectivity index (χ3n) is 2.78. The molecule has 22 heavy (non-hydrogen) atoms. The number of carbonyl (C=O) groups is 1. The minimum absolute atomic E-state index is 0.327. The average Bonchev–Trinajstić information content (AvgIpc) is 2.99. The summed E-state index contributed by atoms with van der Waals surface area (Å²) in [6, 6.07) is 14.2. The Morgan fingerprint density at radius 2 is 1.82 bits per heavy atom. The molecule has 1 aromatic carbocycles. The highest BCUT2D eigenvalue weighted by Crippen LogP contribution is 2.22. The van der Waals surface area contributed by atoms with Crippen molar-refractivity contribution < 1.29 is 9.32 Å². The van der Waals surface area contributed by atoms with Crippen molar-refractivity contribution >= 4 is 33.6 Å². The summed E-state index contributed by atoms with van der Waals surface area (Å²) in [5.74, 6) is 1.35. The van der Waals surface area contributed by atoms with Crippen LogP contribution in [0.2, 0.25) is 0 Å². The Morgan fingerprint density at radius 3 is 2.55 bits per heavy atom. The van der Waals surface area contributed by atoms with Gasteiger partial charge in [-0.3, -0.25) is 10.6 Å². The molecule has 0 fully saturated rings. The number of nitrogens with zero attached hydrogens (tertiary/aromatic N) is 2. The largest absolute Gasteiger partial charge is 0.354 e. The second-order valence-corrected chi connectivity index (χ2v) is 5.30. The molecule has 0 aliphatic rings. The molecule has 2 heterocycles. The number of carbonyl (C=O) groups excluding carboxylic acids is 1. The van der Waals surface area contributed by atoms with Gasteiger partial charge in [-0.15, -0.1) is 0 Å². The molecule has 0 unspecified atom stereocenters. The summed E-state index contributed by atoms with van der Waals surface area (Å²) in [5.41, 5.74) is 0.887. The van der Waals surface area contributed by atoms with E-state index in [0.29, 0.717) is 17.4 Å². The second-order valence-electron chi connectivity index (χ2n) is 4.38. The summed E-state index contributed by atoms with van der Waals surface area (Å²) in [5, 5.41) is 9.00. The number of halogens is 1. The predicted octanol–water partition coefficient (Wildman–Crippen LogP) is 4.14. The van der Waals surface area contributed by atoms with Crippen LogP contribution in [0.1, 0.15) is 0 Å². The van der Waals surface area contributed by atoms with E-state index in [1.165, 1.54) is 0 Å². The number of aromatic nitrogens is 2. The minimum Gasteiger partial charge on any atom is -0.354 e. The molecule has 7 heteroatoms. The molecule has 110 valence electrons. The summed E-state index contributed by atoms with van der Waals surface area (Å²) in [4.78, 5) is 15.9. The monoisotopic (exact) mass is 358 g/mol. The predicted molar refractivity (Wildman–Crippen MR) is 86.5 cm³/mol. The van der Waals surface area contributed by atoms with Crippen LogP contribution in [0.15, 0.2) is 63.7 Å². The Balaban J connectivity index is 1.65. The first-order chi connectivity index (χ1) is 10.7. The van der Waals surface area contributed by atoms with Gasteiger partial charge in [0.25, 0.3) is 0 Å². The number of rotatable bonds is 3. The number of amides is 2. The van der Waals surface area contributed by atoms with Crippen molar-refractivity contribution in [1.82, 2.24) is 10.1 Å². The number of benzene rings is 1. The van der Waals surface area contributed by atoms with E-state index in [1.54, 1.807) is 24.4 Å². The SMILES string of the molecule is O=C(Nc1ccc(Br)cn1)Nc1cc(-c2ccccc2)on1. The number of anilines is 2. The van der Waals surface area contributed by atoms with E-state index in [9.17, 15) is 4.79 Å². The van der Waals surface area contributed by atoms with Crippen LogP contribution in [-0.4, -0.2) is 16.2 Å². The smallest absolute Gasteiger partial charge is 0.326 e. The zero-order chi connectivity index (χ0) is 15.4. The van der Waals surface area contributed by atoms with Crippen molar-refractivity contribution in [2.24, 2.45) is 0 Å². The van der Waals surface area contributed by atoms with E-state index in [4.69, 9.17) is 4.52 Å². The molecule has 0 aliphatic carbocycles. The van der Waals surface area contributed by atoms with Gasteiger partial charge in [0.05, 0.1) is 0 Å².